The zero-order chi connectivity index (χ0) is 33.7. The quantitative estimate of drug-likeness (QED) is 0.290. The number of rotatable bonds is 7. The zero-order valence-corrected chi connectivity index (χ0v) is 28.4. The first-order valence-electron chi connectivity index (χ1n) is 16.6. The maximum absolute atomic E-state index is 14.0. The number of aromatic nitrogens is 3. The molecule has 4 aromatic rings. The van der Waals surface area contributed by atoms with E-state index in [1.165, 1.54) is 22.7 Å². The maximum Gasteiger partial charge on any atom is 0.302 e. The van der Waals surface area contributed by atoms with E-state index >= 15 is 0 Å². The predicted molar refractivity (Wildman–Crippen MR) is 187 cm³/mol. The summed E-state index contributed by atoms with van der Waals surface area (Å²) in [4.78, 5) is 50.4. The molecule has 0 saturated carbocycles. The Bertz CT molecular complexity index is 1950. The number of nitrogens with zero attached hydrogens (tertiary/aromatic N) is 6. The molecule has 48 heavy (non-hydrogen) atoms. The lowest BCUT2D eigenvalue weighted by Gasteiger charge is -2.33. The lowest BCUT2D eigenvalue weighted by Crippen LogP contribution is -2.44. The lowest BCUT2D eigenvalue weighted by atomic mass is 9.90. The van der Waals surface area contributed by atoms with E-state index in [1.54, 1.807) is 24.2 Å². The van der Waals surface area contributed by atoms with Crippen LogP contribution in [0.5, 0.6) is 0 Å². The fourth-order valence-electron chi connectivity index (χ4n) is 7.36. The van der Waals surface area contributed by atoms with Crippen molar-refractivity contribution in [1.29, 1.82) is 0 Å². The fraction of sp³-hybridized carbons (Fsp3) is 0.405. The van der Waals surface area contributed by atoms with E-state index in [0.717, 1.165) is 55.8 Å². The normalized spacial score (nSPS) is 17.3. The van der Waals surface area contributed by atoms with Crippen molar-refractivity contribution in [2.75, 3.05) is 54.9 Å². The number of carbonyl (C=O) groups excluding carboxylic acids is 2. The van der Waals surface area contributed by atoms with Gasteiger partial charge in [-0.2, -0.15) is 0 Å². The second kappa shape index (κ2) is 12.3. The first kappa shape index (κ1) is 31.7. The fourth-order valence-corrected chi connectivity index (χ4v) is 7.36. The number of pyridine rings is 2. The van der Waals surface area contributed by atoms with E-state index in [1.807, 2.05) is 36.5 Å². The molecule has 1 N–H and O–H groups in total. The van der Waals surface area contributed by atoms with Crippen molar-refractivity contribution < 1.29 is 14.3 Å². The number of anilines is 4. The van der Waals surface area contributed by atoms with Crippen molar-refractivity contribution in [2.24, 2.45) is 12.5 Å². The molecular weight excluding hydrogens is 606 g/mol. The highest BCUT2D eigenvalue weighted by molar-refractivity contribution is 6.07. The number of hydrogen-bond donors (Lipinski definition) is 1. The minimum absolute atomic E-state index is 0.0166. The van der Waals surface area contributed by atoms with E-state index in [9.17, 15) is 14.4 Å². The van der Waals surface area contributed by atoms with Crippen LogP contribution in [-0.2, 0) is 42.6 Å². The maximum atomic E-state index is 14.0. The van der Waals surface area contributed by atoms with Crippen LogP contribution in [-0.4, -0.2) is 70.7 Å². The van der Waals surface area contributed by atoms with Crippen LogP contribution < -0.4 is 20.7 Å². The zero-order valence-electron chi connectivity index (χ0n) is 28.4. The van der Waals surface area contributed by atoms with E-state index in [2.05, 4.69) is 51.6 Å². The van der Waals surface area contributed by atoms with Crippen LogP contribution in [0.3, 0.4) is 0 Å². The van der Waals surface area contributed by atoms with Crippen molar-refractivity contribution in [1.82, 2.24) is 19.0 Å². The highest BCUT2D eigenvalue weighted by Crippen LogP contribution is 2.40. The number of fused-ring (bicyclic) bond motifs is 3. The molecule has 1 aromatic carbocycles. The molecule has 0 atom stereocenters. The summed E-state index contributed by atoms with van der Waals surface area (Å²) in [5.74, 6) is 0.0827. The molecule has 250 valence electrons. The summed E-state index contributed by atoms with van der Waals surface area (Å²) in [5.41, 5.74) is 7.54. The molecule has 3 aromatic heterocycles. The van der Waals surface area contributed by atoms with Crippen LogP contribution in [0, 0.1) is 5.41 Å². The number of carbonyl (C=O) groups is 2. The first-order valence-corrected chi connectivity index (χ1v) is 16.6. The first-order chi connectivity index (χ1) is 23.0. The van der Waals surface area contributed by atoms with Crippen LogP contribution in [0.2, 0.25) is 0 Å². The summed E-state index contributed by atoms with van der Waals surface area (Å²) in [6.07, 6.45) is 5.52. The third kappa shape index (κ3) is 5.98. The van der Waals surface area contributed by atoms with Crippen LogP contribution >= 0.6 is 0 Å². The Labute approximate surface area is 280 Å². The minimum atomic E-state index is -0.414. The molecule has 0 radical (unpaired) electrons. The van der Waals surface area contributed by atoms with Gasteiger partial charge in [-0.25, -0.2) is 4.98 Å². The summed E-state index contributed by atoms with van der Waals surface area (Å²) in [5, 5.41) is 3.23. The lowest BCUT2D eigenvalue weighted by molar-refractivity contribution is -0.142. The Kier molecular flexibility index (Phi) is 8.11. The second-order valence-corrected chi connectivity index (χ2v) is 14.1. The Balaban J connectivity index is 1.21. The van der Waals surface area contributed by atoms with Gasteiger partial charge in [0.25, 0.3) is 11.5 Å². The molecular formula is C37H43N7O4. The van der Waals surface area contributed by atoms with Gasteiger partial charge in [0.15, 0.2) is 0 Å². The molecule has 11 nitrogen and oxygen atoms in total. The molecule has 3 aliphatic rings. The summed E-state index contributed by atoms with van der Waals surface area (Å²) in [6.45, 7) is 11.0. The number of ether oxygens (including phenoxy) is 1. The van der Waals surface area contributed by atoms with E-state index in [-0.39, 0.29) is 23.5 Å². The molecule has 7 rings (SSSR count). The number of nitrogens with one attached hydrogen (secondary N) is 1. The Morgan fingerprint density at radius 3 is 2.50 bits per heavy atom. The van der Waals surface area contributed by atoms with E-state index < -0.39 is 5.97 Å². The number of piperazine rings is 1. The van der Waals surface area contributed by atoms with Gasteiger partial charge in [-0.3, -0.25) is 14.4 Å². The monoisotopic (exact) mass is 649 g/mol. The van der Waals surface area contributed by atoms with Gasteiger partial charge < -0.3 is 33.9 Å². The van der Waals surface area contributed by atoms with Crippen molar-refractivity contribution in [3.05, 3.63) is 87.7 Å². The molecule has 5 heterocycles. The molecule has 1 aliphatic carbocycles. The molecule has 0 bridgehead atoms. The molecule has 1 fully saturated rings. The average Bonchev–Trinajstić information content (AvgIpc) is 3.55. The average molecular weight is 650 g/mol. The number of benzene rings is 1. The topological polar surface area (TPSA) is 105 Å². The molecule has 2 aliphatic heterocycles. The predicted octanol–water partition coefficient (Wildman–Crippen LogP) is 4.59. The van der Waals surface area contributed by atoms with Gasteiger partial charge >= 0.3 is 5.97 Å². The largest absolute Gasteiger partial charge is 0.461 e. The van der Waals surface area contributed by atoms with Gasteiger partial charge in [0, 0.05) is 76.3 Å². The molecule has 1 amide bonds. The smallest absolute Gasteiger partial charge is 0.302 e. The summed E-state index contributed by atoms with van der Waals surface area (Å²) in [7, 11) is 3.84. The number of esters is 1. The molecule has 0 spiro atoms. The van der Waals surface area contributed by atoms with Gasteiger partial charge in [0.1, 0.15) is 23.8 Å². The molecule has 0 unspecified atom stereocenters. The van der Waals surface area contributed by atoms with Crippen LogP contribution in [0.4, 0.5) is 22.9 Å². The third-order valence-electron chi connectivity index (χ3n) is 9.86. The Hall–Kier alpha value is -4.90. The minimum Gasteiger partial charge on any atom is -0.461 e. The number of amides is 1. The van der Waals surface area contributed by atoms with Crippen molar-refractivity contribution in [2.45, 2.75) is 46.8 Å². The van der Waals surface area contributed by atoms with Gasteiger partial charge in [0.05, 0.1) is 17.6 Å². The summed E-state index contributed by atoms with van der Waals surface area (Å²) >= 11 is 0. The van der Waals surface area contributed by atoms with Crippen molar-refractivity contribution >= 4 is 34.8 Å². The summed E-state index contributed by atoms with van der Waals surface area (Å²) in [6, 6.07) is 13.5. The number of hydrogen-bond acceptors (Lipinski definition) is 8. The van der Waals surface area contributed by atoms with Crippen molar-refractivity contribution in [3.63, 3.8) is 0 Å². The molecule has 1 saturated heterocycles. The number of aryl methyl sites for hydroxylation is 1. The van der Waals surface area contributed by atoms with Gasteiger partial charge in [-0.15, -0.1) is 0 Å². The van der Waals surface area contributed by atoms with Gasteiger partial charge in [-0.05, 0) is 66.8 Å². The second-order valence-electron chi connectivity index (χ2n) is 14.1. The van der Waals surface area contributed by atoms with Gasteiger partial charge in [0.2, 0.25) is 0 Å². The van der Waals surface area contributed by atoms with E-state index in [4.69, 9.17) is 4.74 Å². The van der Waals surface area contributed by atoms with Crippen molar-refractivity contribution in [3.8, 4) is 11.1 Å². The third-order valence-corrected chi connectivity index (χ3v) is 9.86. The summed E-state index contributed by atoms with van der Waals surface area (Å²) < 4.78 is 9.28. The van der Waals surface area contributed by atoms with Crippen LogP contribution in [0.1, 0.15) is 48.1 Å². The molecule has 11 heteroatoms. The Morgan fingerprint density at radius 2 is 1.77 bits per heavy atom. The SMILES string of the molecule is CC(=O)OCc1c(-c2cc(Nc3ccc(N4CCN(C)CC4)cn3)c(=O)n(C)c2)cccc1N1CCn2c(cc3c2CC(C)(C)C3)C1=O. The Morgan fingerprint density at radius 1 is 0.979 bits per heavy atom. The highest BCUT2D eigenvalue weighted by atomic mass is 16.5. The van der Waals surface area contributed by atoms with Crippen LogP contribution in [0.25, 0.3) is 11.1 Å². The standard InChI is InChI=1S/C37H43N7O4/c1-24(45)48-23-29-28(7-6-8-31(29)44-16-15-43-32(36(44)47)18-25-19-37(2,3)20-33(25)43)26-17-30(35(46)41(5)22-26)39-34-10-9-27(21-38-34)42-13-11-40(4)12-14-42/h6-10,17-18,21-22H,11-16,19-20,23H2,1-5H3,(H,38,39). The number of likely N-dealkylation sites (N-methyl/N-ethyl adjacent to an activating group) is 1. The van der Waals surface area contributed by atoms with Crippen LogP contribution in [0.15, 0.2) is 59.7 Å². The highest BCUT2D eigenvalue weighted by Gasteiger charge is 2.37. The van der Waals surface area contributed by atoms with E-state index in [0.29, 0.717) is 41.5 Å². The van der Waals surface area contributed by atoms with Gasteiger partial charge in [-0.1, -0.05) is 26.0 Å².